The van der Waals surface area contributed by atoms with E-state index in [4.69, 9.17) is 5.11 Å². The second-order valence-corrected chi connectivity index (χ2v) is 5.89. The van der Waals surface area contributed by atoms with E-state index in [9.17, 15) is 0 Å². The van der Waals surface area contributed by atoms with Gasteiger partial charge in [0.15, 0.2) is 0 Å². The minimum atomic E-state index is 0.264. The summed E-state index contributed by atoms with van der Waals surface area (Å²) >= 11 is 5.39. The van der Waals surface area contributed by atoms with Gasteiger partial charge in [-0.2, -0.15) is 0 Å². The Labute approximate surface area is 116 Å². The van der Waals surface area contributed by atoms with Gasteiger partial charge in [0.2, 0.25) is 0 Å². The van der Waals surface area contributed by atoms with Crippen LogP contribution in [0.5, 0.6) is 0 Å². The van der Waals surface area contributed by atoms with E-state index in [0.29, 0.717) is 6.04 Å². The first-order chi connectivity index (χ1) is 8.19. The lowest BCUT2D eigenvalue weighted by Crippen LogP contribution is -2.17. The highest BCUT2D eigenvalue weighted by atomic mass is 79.9. The van der Waals surface area contributed by atoms with E-state index in [0.717, 1.165) is 23.2 Å². The Morgan fingerprint density at radius 3 is 2.82 bits per heavy atom. The summed E-state index contributed by atoms with van der Waals surface area (Å²) in [5.41, 5.74) is 1.30. The summed E-state index contributed by atoms with van der Waals surface area (Å²) in [5, 5.41) is 12.2. The van der Waals surface area contributed by atoms with E-state index in [2.05, 4.69) is 53.3 Å². The molecule has 0 aliphatic heterocycles. The van der Waals surface area contributed by atoms with E-state index in [1.54, 1.807) is 11.8 Å². The molecule has 0 aromatic heterocycles. The Morgan fingerprint density at radius 1 is 1.47 bits per heavy atom. The fourth-order valence-electron chi connectivity index (χ4n) is 1.57. The van der Waals surface area contributed by atoms with Crippen LogP contribution in [-0.2, 0) is 0 Å². The molecule has 0 saturated carbocycles. The van der Waals surface area contributed by atoms with Gasteiger partial charge in [0, 0.05) is 27.8 Å². The molecule has 0 amide bonds. The summed E-state index contributed by atoms with van der Waals surface area (Å²) in [6.07, 6.45) is 0.840. The van der Waals surface area contributed by atoms with Gasteiger partial charge >= 0.3 is 0 Å². The third kappa shape index (κ3) is 5.00. The van der Waals surface area contributed by atoms with Crippen LogP contribution in [0.3, 0.4) is 0 Å². The zero-order valence-corrected chi connectivity index (χ0v) is 12.8. The summed E-state index contributed by atoms with van der Waals surface area (Å²) in [5.74, 6) is 0.956. The molecular formula is C13H20BrNOS. The average molecular weight is 318 g/mol. The van der Waals surface area contributed by atoms with E-state index >= 15 is 0 Å². The van der Waals surface area contributed by atoms with E-state index in [1.165, 1.54) is 10.5 Å². The highest BCUT2D eigenvalue weighted by Crippen LogP contribution is 2.30. The van der Waals surface area contributed by atoms with E-state index in [1.807, 2.05) is 0 Å². The molecule has 1 unspecified atom stereocenters. The number of hydrogen-bond donors (Lipinski definition) is 2. The summed E-state index contributed by atoms with van der Waals surface area (Å²) in [6.45, 7) is 5.53. The van der Waals surface area contributed by atoms with Crippen molar-refractivity contribution in [2.45, 2.75) is 31.2 Å². The fraction of sp³-hybridized carbons (Fsp3) is 0.538. The van der Waals surface area contributed by atoms with Gasteiger partial charge in [-0.15, -0.1) is 11.8 Å². The maximum Gasteiger partial charge on any atom is 0.0439 e. The van der Waals surface area contributed by atoms with Crippen molar-refractivity contribution in [3.05, 3.63) is 28.2 Å². The summed E-state index contributed by atoms with van der Waals surface area (Å²) in [7, 11) is 0. The van der Waals surface area contributed by atoms with Crippen LogP contribution in [0, 0.1) is 0 Å². The first-order valence-corrected chi connectivity index (χ1v) is 7.73. The molecule has 2 N–H and O–H groups in total. The quantitative estimate of drug-likeness (QED) is 0.595. The van der Waals surface area contributed by atoms with Gasteiger partial charge in [0.1, 0.15) is 0 Å². The topological polar surface area (TPSA) is 32.3 Å². The number of rotatable bonds is 7. The Hall–Kier alpha value is -0.0300. The molecule has 0 radical (unpaired) electrons. The zero-order chi connectivity index (χ0) is 12.7. The molecule has 0 bridgehead atoms. The number of aliphatic hydroxyl groups is 1. The lowest BCUT2D eigenvalue weighted by atomic mass is 10.1. The van der Waals surface area contributed by atoms with Crippen molar-refractivity contribution in [3.63, 3.8) is 0 Å². The molecule has 0 saturated heterocycles. The molecule has 0 spiro atoms. The standard InChI is InChI=1S/C13H20BrNOS/c1-3-15-10(2)11-5-6-13(12(14)9-11)17-8-4-7-16/h5-6,9-10,15-16H,3-4,7-8H2,1-2H3. The molecule has 96 valence electrons. The molecule has 0 aliphatic rings. The summed E-state index contributed by atoms with van der Waals surface area (Å²) in [4.78, 5) is 1.24. The van der Waals surface area contributed by atoms with Gasteiger partial charge in [-0.3, -0.25) is 0 Å². The monoisotopic (exact) mass is 317 g/mol. The van der Waals surface area contributed by atoms with Crippen molar-refractivity contribution in [2.75, 3.05) is 18.9 Å². The highest BCUT2D eigenvalue weighted by Gasteiger charge is 2.07. The summed E-state index contributed by atoms with van der Waals surface area (Å²) < 4.78 is 1.14. The number of hydrogen-bond acceptors (Lipinski definition) is 3. The molecule has 1 aromatic rings. The Bertz CT molecular complexity index is 346. The molecule has 0 fully saturated rings. The average Bonchev–Trinajstić information content (AvgIpc) is 2.31. The molecule has 2 nitrogen and oxygen atoms in total. The molecule has 0 aliphatic carbocycles. The van der Waals surface area contributed by atoms with E-state index < -0.39 is 0 Å². The molecule has 17 heavy (non-hydrogen) atoms. The predicted molar refractivity (Wildman–Crippen MR) is 78.7 cm³/mol. The van der Waals surface area contributed by atoms with Crippen LogP contribution in [0.15, 0.2) is 27.6 Å². The van der Waals surface area contributed by atoms with Gasteiger partial charge in [-0.1, -0.05) is 13.0 Å². The number of halogens is 1. The van der Waals surface area contributed by atoms with Crippen molar-refractivity contribution in [1.29, 1.82) is 0 Å². The van der Waals surface area contributed by atoms with Crippen LogP contribution >= 0.6 is 27.7 Å². The van der Waals surface area contributed by atoms with Gasteiger partial charge in [-0.05, 0) is 53.5 Å². The Morgan fingerprint density at radius 2 is 2.24 bits per heavy atom. The molecule has 0 heterocycles. The van der Waals surface area contributed by atoms with Gasteiger partial charge in [-0.25, -0.2) is 0 Å². The SMILES string of the molecule is CCNC(C)c1ccc(SCCCO)c(Br)c1. The number of aliphatic hydroxyl groups excluding tert-OH is 1. The molecular weight excluding hydrogens is 298 g/mol. The first kappa shape index (κ1) is 15.0. The first-order valence-electron chi connectivity index (χ1n) is 5.95. The van der Waals surface area contributed by atoms with Gasteiger partial charge in [0.05, 0.1) is 0 Å². The molecule has 1 rings (SSSR count). The van der Waals surface area contributed by atoms with Crippen molar-refractivity contribution in [1.82, 2.24) is 5.32 Å². The fourth-order valence-corrected chi connectivity index (χ4v) is 3.17. The maximum atomic E-state index is 8.76. The third-order valence-corrected chi connectivity index (χ3v) is 4.60. The van der Waals surface area contributed by atoms with Crippen LogP contribution in [0.4, 0.5) is 0 Å². The number of benzene rings is 1. The van der Waals surface area contributed by atoms with Crippen molar-refractivity contribution in [2.24, 2.45) is 0 Å². The number of thioether (sulfide) groups is 1. The van der Waals surface area contributed by atoms with Gasteiger partial charge in [0.25, 0.3) is 0 Å². The third-order valence-electron chi connectivity index (χ3n) is 2.53. The molecule has 1 atom stereocenters. The number of nitrogens with one attached hydrogen (secondary N) is 1. The van der Waals surface area contributed by atoms with E-state index in [-0.39, 0.29) is 6.61 Å². The molecule has 4 heteroatoms. The second-order valence-electron chi connectivity index (χ2n) is 3.89. The Balaban J connectivity index is 2.65. The smallest absolute Gasteiger partial charge is 0.0439 e. The second kappa shape index (κ2) is 8.14. The lowest BCUT2D eigenvalue weighted by Gasteiger charge is -2.14. The zero-order valence-electron chi connectivity index (χ0n) is 10.4. The van der Waals surface area contributed by atoms with Crippen LogP contribution < -0.4 is 5.32 Å². The summed E-state index contributed by atoms with van der Waals surface area (Å²) in [6, 6.07) is 6.87. The van der Waals surface area contributed by atoms with Gasteiger partial charge < -0.3 is 10.4 Å². The predicted octanol–water partition coefficient (Wildman–Crippen LogP) is 3.59. The maximum absolute atomic E-state index is 8.76. The van der Waals surface area contributed by atoms with Crippen LogP contribution in [0.1, 0.15) is 31.9 Å². The largest absolute Gasteiger partial charge is 0.396 e. The van der Waals surface area contributed by atoms with Crippen molar-refractivity contribution < 1.29 is 5.11 Å². The minimum absolute atomic E-state index is 0.264. The highest BCUT2D eigenvalue weighted by molar-refractivity contribution is 9.10. The normalized spacial score (nSPS) is 12.7. The van der Waals surface area contributed by atoms with Crippen LogP contribution in [0.2, 0.25) is 0 Å². The van der Waals surface area contributed by atoms with Crippen LogP contribution in [0.25, 0.3) is 0 Å². The Kier molecular flexibility index (Phi) is 7.19. The van der Waals surface area contributed by atoms with Crippen LogP contribution in [-0.4, -0.2) is 24.0 Å². The minimum Gasteiger partial charge on any atom is -0.396 e. The lowest BCUT2D eigenvalue weighted by molar-refractivity contribution is 0.296. The van der Waals surface area contributed by atoms with Crippen molar-refractivity contribution in [3.8, 4) is 0 Å². The van der Waals surface area contributed by atoms with Crippen molar-refractivity contribution >= 4 is 27.7 Å². The molecule has 1 aromatic carbocycles.